The molecule has 0 aromatic rings. The van der Waals surface area contributed by atoms with Crippen molar-refractivity contribution < 1.29 is 14.7 Å². The van der Waals surface area contributed by atoms with Gasteiger partial charge in [0.25, 0.3) is 0 Å². The Morgan fingerprint density at radius 2 is 1.93 bits per heavy atom. The maximum atomic E-state index is 11.4. The van der Waals surface area contributed by atoms with E-state index in [9.17, 15) is 9.59 Å². The summed E-state index contributed by atoms with van der Waals surface area (Å²) >= 11 is 0. The highest BCUT2D eigenvalue weighted by atomic mass is 16.4. The normalized spacial score (nSPS) is 14.5. The van der Waals surface area contributed by atoms with Gasteiger partial charge >= 0.3 is 5.97 Å². The largest absolute Gasteiger partial charge is 0.481 e. The number of carboxylic acid groups (broad SMARTS) is 1. The van der Waals surface area contributed by atoms with Crippen LogP contribution in [0.25, 0.3) is 0 Å². The number of aliphatic carboxylic acids is 1. The van der Waals surface area contributed by atoms with Gasteiger partial charge in [0.05, 0.1) is 6.42 Å². The molecule has 82 valence electrons. The van der Waals surface area contributed by atoms with Crippen LogP contribution in [0.4, 0.5) is 0 Å². The molecular formula is C10H19NO3. The fourth-order valence-corrected chi connectivity index (χ4v) is 1.26. The molecule has 0 aliphatic carbocycles. The molecule has 0 fully saturated rings. The molecule has 0 aromatic heterocycles. The van der Waals surface area contributed by atoms with Gasteiger partial charge in [0.2, 0.25) is 5.91 Å². The topological polar surface area (TPSA) is 66.4 Å². The molecule has 2 atom stereocenters. The van der Waals surface area contributed by atoms with Gasteiger partial charge in [-0.05, 0) is 13.3 Å². The van der Waals surface area contributed by atoms with E-state index < -0.39 is 5.97 Å². The Kier molecular flexibility index (Phi) is 5.92. The Labute approximate surface area is 84.7 Å². The molecule has 0 aromatic carbocycles. The SMILES string of the molecule is CCC[C@H](C)C(=O)N[C@@H](C)CC(=O)O. The first-order valence-electron chi connectivity index (χ1n) is 4.99. The van der Waals surface area contributed by atoms with Crippen LogP contribution < -0.4 is 5.32 Å². The Morgan fingerprint density at radius 1 is 1.36 bits per heavy atom. The number of nitrogens with one attached hydrogen (secondary N) is 1. The minimum Gasteiger partial charge on any atom is -0.481 e. The molecule has 0 aliphatic heterocycles. The molecule has 0 saturated carbocycles. The molecule has 0 spiro atoms. The maximum Gasteiger partial charge on any atom is 0.305 e. The van der Waals surface area contributed by atoms with Gasteiger partial charge in [-0.1, -0.05) is 20.3 Å². The lowest BCUT2D eigenvalue weighted by Crippen LogP contribution is -2.37. The molecule has 0 radical (unpaired) electrons. The fourth-order valence-electron chi connectivity index (χ4n) is 1.26. The number of hydrogen-bond donors (Lipinski definition) is 2. The van der Waals surface area contributed by atoms with Crippen molar-refractivity contribution in [3.63, 3.8) is 0 Å². The summed E-state index contributed by atoms with van der Waals surface area (Å²) in [5.41, 5.74) is 0. The van der Waals surface area contributed by atoms with Crippen LogP contribution >= 0.6 is 0 Å². The van der Waals surface area contributed by atoms with E-state index in [0.29, 0.717) is 0 Å². The zero-order valence-electron chi connectivity index (χ0n) is 9.04. The molecule has 4 heteroatoms. The van der Waals surface area contributed by atoms with Gasteiger partial charge in [-0.25, -0.2) is 0 Å². The zero-order valence-corrected chi connectivity index (χ0v) is 9.04. The number of carbonyl (C=O) groups excluding carboxylic acids is 1. The highest BCUT2D eigenvalue weighted by Crippen LogP contribution is 2.05. The second-order valence-corrected chi connectivity index (χ2v) is 3.70. The molecule has 0 rings (SSSR count). The van der Waals surface area contributed by atoms with Crippen LogP contribution in [-0.2, 0) is 9.59 Å². The Balaban J connectivity index is 3.86. The van der Waals surface area contributed by atoms with Gasteiger partial charge in [-0.15, -0.1) is 0 Å². The lowest BCUT2D eigenvalue weighted by atomic mass is 10.0. The minimum absolute atomic E-state index is 0.0232. The Bertz CT molecular complexity index is 204. The molecule has 0 heterocycles. The van der Waals surface area contributed by atoms with Crippen molar-refractivity contribution >= 4 is 11.9 Å². The van der Waals surface area contributed by atoms with Crippen molar-refractivity contribution in [3.8, 4) is 0 Å². The third-order valence-electron chi connectivity index (χ3n) is 2.04. The van der Waals surface area contributed by atoms with Gasteiger partial charge in [0.15, 0.2) is 0 Å². The number of carbonyl (C=O) groups is 2. The molecular weight excluding hydrogens is 182 g/mol. The maximum absolute atomic E-state index is 11.4. The summed E-state index contributed by atoms with van der Waals surface area (Å²) in [5.74, 6) is -0.974. The lowest BCUT2D eigenvalue weighted by Gasteiger charge is -2.15. The van der Waals surface area contributed by atoms with Gasteiger partial charge < -0.3 is 10.4 Å². The van der Waals surface area contributed by atoms with Crippen LogP contribution in [0, 0.1) is 5.92 Å². The van der Waals surface area contributed by atoms with E-state index in [1.54, 1.807) is 6.92 Å². The predicted molar refractivity (Wildman–Crippen MR) is 53.9 cm³/mol. The summed E-state index contributed by atoms with van der Waals surface area (Å²) in [4.78, 5) is 21.8. The molecule has 1 amide bonds. The summed E-state index contributed by atoms with van der Waals surface area (Å²) in [6.07, 6.45) is 1.78. The van der Waals surface area contributed by atoms with Crippen molar-refractivity contribution in [2.45, 2.75) is 46.1 Å². The highest BCUT2D eigenvalue weighted by molar-refractivity contribution is 5.79. The standard InChI is InChI=1S/C10H19NO3/c1-4-5-7(2)10(14)11-8(3)6-9(12)13/h7-8H,4-6H2,1-3H3,(H,11,14)(H,12,13)/t7-,8-/m0/s1. The quantitative estimate of drug-likeness (QED) is 0.682. The zero-order chi connectivity index (χ0) is 11.1. The van der Waals surface area contributed by atoms with E-state index >= 15 is 0 Å². The van der Waals surface area contributed by atoms with Crippen molar-refractivity contribution in [1.82, 2.24) is 5.32 Å². The Morgan fingerprint density at radius 3 is 2.36 bits per heavy atom. The second-order valence-electron chi connectivity index (χ2n) is 3.70. The highest BCUT2D eigenvalue weighted by Gasteiger charge is 2.15. The number of hydrogen-bond acceptors (Lipinski definition) is 2. The second kappa shape index (κ2) is 6.40. The smallest absolute Gasteiger partial charge is 0.305 e. The van der Waals surface area contributed by atoms with Crippen LogP contribution in [0.3, 0.4) is 0 Å². The average Bonchev–Trinajstić information content (AvgIpc) is 2.02. The summed E-state index contributed by atoms with van der Waals surface area (Å²) < 4.78 is 0. The van der Waals surface area contributed by atoms with E-state index in [2.05, 4.69) is 5.32 Å². The van der Waals surface area contributed by atoms with Gasteiger partial charge in [0.1, 0.15) is 0 Å². The molecule has 0 unspecified atom stereocenters. The van der Waals surface area contributed by atoms with Crippen LogP contribution in [-0.4, -0.2) is 23.0 Å². The molecule has 14 heavy (non-hydrogen) atoms. The summed E-state index contributed by atoms with van der Waals surface area (Å²) in [5, 5.41) is 11.2. The average molecular weight is 201 g/mol. The van der Waals surface area contributed by atoms with Gasteiger partial charge in [-0.2, -0.15) is 0 Å². The molecule has 0 bridgehead atoms. The van der Waals surface area contributed by atoms with Crippen molar-refractivity contribution in [3.05, 3.63) is 0 Å². The monoisotopic (exact) mass is 201 g/mol. The number of rotatable bonds is 6. The summed E-state index contributed by atoms with van der Waals surface area (Å²) in [6.45, 7) is 5.57. The number of amides is 1. The van der Waals surface area contributed by atoms with Crippen LogP contribution in [0.15, 0.2) is 0 Å². The van der Waals surface area contributed by atoms with Gasteiger partial charge in [0, 0.05) is 12.0 Å². The molecule has 4 nitrogen and oxygen atoms in total. The van der Waals surface area contributed by atoms with E-state index in [1.165, 1.54) is 0 Å². The van der Waals surface area contributed by atoms with Crippen molar-refractivity contribution in [2.75, 3.05) is 0 Å². The van der Waals surface area contributed by atoms with E-state index in [4.69, 9.17) is 5.11 Å². The summed E-state index contributed by atoms with van der Waals surface area (Å²) in [6, 6.07) is -0.292. The predicted octanol–water partition coefficient (Wildman–Crippen LogP) is 1.40. The first-order valence-corrected chi connectivity index (χ1v) is 4.99. The van der Waals surface area contributed by atoms with Crippen LogP contribution in [0.2, 0.25) is 0 Å². The molecule has 0 saturated heterocycles. The van der Waals surface area contributed by atoms with Crippen molar-refractivity contribution in [1.29, 1.82) is 0 Å². The van der Waals surface area contributed by atoms with E-state index in [-0.39, 0.29) is 24.3 Å². The van der Waals surface area contributed by atoms with Crippen LogP contribution in [0.5, 0.6) is 0 Å². The first-order chi connectivity index (χ1) is 6.47. The lowest BCUT2D eigenvalue weighted by molar-refractivity contribution is -0.137. The van der Waals surface area contributed by atoms with E-state index in [0.717, 1.165) is 12.8 Å². The van der Waals surface area contributed by atoms with Crippen molar-refractivity contribution in [2.24, 2.45) is 5.92 Å². The number of carboxylic acids is 1. The summed E-state index contributed by atoms with van der Waals surface area (Å²) in [7, 11) is 0. The first kappa shape index (κ1) is 12.9. The third-order valence-corrected chi connectivity index (χ3v) is 2.04. The van der Waals surface area contributed by atoms with Gasteiger partial charge in [-0.3, -0.25) is 9.59 Å². The van der Waals surface area contributed by atoms with Crippen LogP contribution in [0.1, 0.15) is 40.0 Å². The minimum atomic E-state index is -0.888. The molecule has 0 aliphatic rings. The Hall–Kier alpha value is -1.06. The van der Waals surface area contributed by atoms with E-state index in [1.807, 2.05) is 13.8 Å². The fraction of sp³-hybridized carbons (Fsp3) is 0.800. The third kappa shape index (κ3) is 5.56. The molecule has 2 N–H and O–H groups in total.